The highest BCUT2D eigenvalue weighted by molar-refractivity contribution is 5.76. The molecule has 0 aromatic heterocycles. The van der Waals surface area contributed by atoms with Crippen molar-refractivity contribution in [3.8, 4) is 5.75 Å². The van der Waals surface area contributed by atoms with Crippen LogP contribution in [0.2, 0.25) is 0 Å². The first-order valence-corrected chi connectivity index (χ1v) is 6.82. The van der Waals surface area contributed by atoms with Crippen molar-refractivity contribution < 1.29 is 19.4 Å². The van der Waals surface area contributed by atoms with E-state index < -0.39 is 5.97 Å². The maximum absolute atomic E-state index is 11.5. The lowest BCUT2D eigenvalue weighted by Crippen LogP contribution is -2.25. The van der Waals surface area contributed by atoms with Gasteiger partial charge in [0.15, 0.2) is 0 Å². The third-order valence-electron chi connectivity index (χ3n) is 2.76. The zero-order chi connectivity index (χ0) is 14.8. The average Bonchev–Trinajstić information content (AvgIpc) is 2.43. The summed E-state index contributed by atoms with van der Waals surface area (Å²) in [4.78, 5) is 21.9. The van der Waals surface area contributed by atoms with Gasteiger partial charge in [0.05, 0.1) is 6.61 Å². The Bertz CT molecular complexity index is 428. The highest BCUT2D eigenvalue weighted by Gasteiger charge is 2.03. The van der Waals surface area contributed by atoms with Crippen LogP contribution in [-0.4, -0.2) is 30.1 Å². The number of ether oxygens (including phenoxy) is 1. The van der Waals surface area contributed by atoms with Gasteiger partial charge in [-0.25, -0.2) is 0 Å². The third kappa shape index (κ3) is 6.78. The van der Waals surface area contributed by atoms with Crippen LogP contribution >= 0.6 is 0 Å². The smallest absolute Gasteiger partial charge is 0.303 e. The summed E-state index contributed by atoms with van der Waals surface area (Å²) in [6.07, 6.45) is 1.61. The van der Waals surface area contributed by atoms with Crippen LogP contribution in [0.1, 0.15) is 31.7 Å². The Hall–Kier alpha value is -2.04. The minimum Gasteiger partial charge on any atom is -0.494 e. The molecule has 0 saturated carbocycles. The van der Waals surface area contributed by atoms with Crippen molar-refractivity contribution in [1.82, 2.24) is 5.32 Å². The second kappa shape index (κ2) is 8.96. The summed E-state index contributed by atoms with van der Waals surface area (Å²) in [5, 5.41) is 11.2. The topological polar surface area (TPSA) is 75.6 Å². The normalized spacial score (nSPS) is 10.1. The van der Waals surface area contributed by atoms with Gasteiger partial charge in [-0.2, -0.15) is 0 Å². The zero-order valence-corrected chi connectivity index (χ0v) is 11.7. The summed E-state index contributed by atoms with van der Waals surface area (Å²) in [6, 6.07) is 7.68. The molecule has 0 aliphatic carbocycles. The van der Waals surface area contributed by atoms with Gasteiger partial charge < -0.3 is 15.2 Å². The molecule has 0 aliphatic heterocycles. The Labute approximate surface area is 118 Å². The molecule has 0 saturated heterocycles. The standard InChI is InChI=1S/C15H21NO4/c1-2-20-13-8-5-12(6-9-13)7-10-14(17)16-11-3-4-15(18)19/h5-6,8-9H,2-4,7,10-11H2,1H3,(H,16,17)(H,18,19). The van der Waals surface area contributed by atoms with Crippen molar-refractivity contribution in [2.75, 3.05) is 13.2 Å². The number of carboxylic acid groups (broad SMARTS) is 1. The lowest BCUT2D eigenvalue weighted by atomic mass is 10.1. The molecular weight excluding hydrogens is 258 g/mol. The second-order valence-electron chi connectivity index (χ2n) is 4.42. The highest BCUT2D eigenvalue weighted by atomic mass is 16.5. The monoisotopic (exact) mass is 279 g/mol. The van der Waals surface area contributed by atoms with Crippen LogP contribution in [0.3, 0.4) is 0 Å². The van der Waals surface area contributed by atoms with Gasteiger partial charge in [-0.05, 0) is 37.5 Å². The van der Waals surface area contributed by atoms with E-state index in [2.05, 4.69) is 5.32 Å². The SMILES string of the molecule is CCOc1ccc(CCC(=O)NCCCC(=O)O)cc1. The number of amides is 1. The minimum atomic E-state index is -0.839. The van der Waals surface area contributed by atoms with E-state index in [1.165, 1.54) is 0 Å². The molecule has 2 N–H and O–H groups in total. The van der Waals surface area contributed by atoms with E-state index in [1.807, 2.05) is 31.2 Å². The van der Waals surface area contributed by atoms with Crippen molar-refractivity contribution in [1.29, 1.82) is 0 Å². The van der Waals surface area contributed by atoms with Gasteiger partial charge in [-0.15, -0.1) is 0 Å². The van der Waals surface area contributed by atoms with E-state index in [0.717, 1.165) is 11.3 Å². The van der Waals surface area contributed by atoms with Gasteiger partial charge >= 0.3 is 5.97 Å². The molecule has 1 aromatic rings. The predicted molar refractivity (Wildman–Crippen MR) is 75.8 cm³/mol. The molecule has 0 radical (unpaired) electrons. The predicted octanol–water partition coefficient (Wildman–Crippen LogP) is 2.00. The number of rotatable bonds is 9. The molecule has 20 heavy (non-hydrogen) atoms. The number of carbonyl (C=O) groups excluding carboxylic acids is 1. The van der Waals surface area contributed by atoms with Crippen LogP contribution in [0.5, 0.6) is 5.75 Å². The van der Waals surface area contributed by atoms with Gasteiger partial charge in [0.1, 0.15) is 5.75 Å². The van der Waals surface area contributed by atoms with Crippen molar-refractivity contribution >= 4 is 11.9 Å². The number of aliphatic carboxylic acids is 1. The third-order valence-corrected chi connectivity index (χ3v) is 2.76. The van der Waals surface area contributed by atoms with Crippen LogP contribution in [0.4, 0.5) is 0 Å². The minimum absolute atomic E-state index is 0.0516. The van der Waals surface area contributed by atoms with Crippen LogP contribution in [0, 0.1) is 0 Å². The maximum atomic E-state index is 11.5. The van der Waals surface area contributed by atoms with Gasteiger partial charge in [0.25, 0.3) is 0 Å². The fourth-order valence-electron chi connectivity index (χ4n) is 1.73. The van der Waals surface area contributed by atoms with Crippen LogP contribution in [0.15, 0.2) is 24.3 Å². The molecule has 0 heterocycles. The molecule has 0 spiro atoms. The molecule has 0 bridgehead atoms. The summed E-state index contributed by atoms with van der Waals surface area (Å²) in [6.45, 7) is 2.98. The quantitative estimate of drug-likeness (QED) is 0.678. The Morgan fingerprint density at radius 2 is 1.90 bits per heavy atom. The van der Waals surface area contributed by atoms with E-state index in [-0.39, 0.29) is 12.3 Å². The highest BCUT2D eigenvalue weighted by Crippen LogP contribution is 2.13. The van der Waals surface area contributed by atoms with E-state index >= 15 is 0 Å². The Balaban J connectivity index is 2.21. The molecule has 0 atom stereocenters. The number of carbonyl (C=O) groups is 2. The van der Waals surface area contributed by atoms with Crippen molar-refractivity contribution in [2.24, 2.45) is 0 Å². The molecule has 1 rings (SSSR count). The second-order valence-corrected chi connectivity index (χ2v) is 4.42. The van der Waals surface area contributed by atoms with Gasteiger partial charge in [0, 0.05) is 19.4 Å². The molecule has 0 aliphatic rings. The van der Waals surface area contributed by atoms with Crippen LogP contribution < -0.4 is 10.1 Å². The summed E-state index contributed by atoms with van der Waals surface area (Å²) in [5.41, 5.74) is 1.08. The fraction of sp³-hybridized carbons (Fsp3) is 0.467. The number of nitrogens with one attached hydrogen (secondary N) is 1. The van der Waals surface area contributed by atoms with Crippen LogP contribution in [-0.2, 0) is 16.0 Å². The first-order valence-electron chi connectivity index (χ1n) is 6.82. The Morgan fingerprint density at radius 1 is 1.20 bits per heavy atom. The van der Waals surface area contributed by atoms with E-state index in [1.54, 1.807) is 0 Å². The summed E-state index contributed by atoms with van der Waals surface area (Å²) in [7, 11) is 0. The maximum Gasteiger partial charge on any atom is 0.303 e. The molecular formula is C15H21NO4. The van der Waals surface area contributed by atoms with Gasteiger partial charge in [-0.1, -0.05) is 12.1 Å². The molecule has 110 valence electrons. The number of aryl methyl sites for hydroxylation is 1. The number of benzene rings is 1. The number of carboxylic acids is 1. The number of hydrogen-bond acceptors (Lipinski definition) is 3. The van der Waals surface area contributed by atoms with Crippen molar-refractivity contribution in [2.45, 2.75) is 32.6 Å². The first kappa shape index (κ1) is 16.0. The van der Waals surface area contributed by atoms with Gasteiger partial charge in [-0.3, -0.25) is 9.59 Å². The molecule has 5 heteroatoms. The average molecular weight is 279 g/mol. The first-order chi connectivity index (χ1) is 9.61. The molecule has 5 nitrogen and oxygen atoms in total. The summed E-state index contributed by atoms with van der Waals surface area (Å²) >= 11 is 0. The van der Waals surface area contributed by atoms with Gasteiger partial charge in [0.2, 0.25) is 5.91 Å². The summed E-state index contributed by atoms with van der Waals surface area (Å²) < 4.78 is 5.34. The van der Waals surface area contributed by atoms with E-state index in [4.69, 9.17) is 9.84 Å². The largest absolute Gasteiger partial charge is 0.494 e. The number of hydrogen-bond donors (Lipinski definition) is 2. The van der Waals surface area contributed by atoms with Crippen molar-refractivity contribution in [3.63, 3.8) is 0 Å². The molecule has 1 amide bonds. The lowest BCUT2D eigenvalue weighted by molar-refractivity contribution is -0.137. The molecule has 0 fully saturated rings. The van der Waals surface area contributed by atoms with Crippen LogP contribution in [0.25, 0.3) is 0 Å². The molecule has 0 unspecified atom stereocenters. The van der Waals surface area contributed by atoms with E-state index in [0.29, 0.717) is 32.4 Å². The molecule has 1 aromatic carbocycles. The Kier molecular flexibility index (Phi) is 7.17. The van der Waals surface area contributed by atoms with E-state index in [9.17, 15) is 9.59 Å². The summed E-state index contributed by atoms with van der Waals surface area (Å²) in [5.74, 6) is -0.0627. The zero-order valence-electron chi connectivity index (χ0n) is 11.7. The lowest BCUT2D eigenvalue weighted by Gasteiger charge is -2.06. The Morgan fingerprint density at radius 3 is 2.50 bits per heavy atom. The van der Waals surface area contributed by atoms with Crippen molar-refractivity contribution in [3.05, 3.63) is 29.8 Å². The fourth-order valence-corrected chi connectivity index (χ4v) is 1.73.